The van der Waals surface area contributed by atoms with E-state index in [4.69, 9.17) is 4.52 Å². The molecule has 0 spiro atoms. The highest BCUT2D eigenvalue weighted by atomic mass is 16.5. The fourth-order valence-electron chi connectivity index (χ4n) is 3.64. The number of carbonyl (C=O) groups is 1. The van der Waals surface area contributed by atoms with Gasteiger partial charge in [-0.2, -0.15) is 10.1 Å². The van der Waals surface area contributed by atoms with E-state index in [0.29, 0.717) is 23.9 Å². The molecule has 0 unspecified atom stereocenters. The lowest BCUT2D eigenvalue weighted by Crippen LogP contribution is -2.38. The van der Waals surface area contributed by atoms with Crippen molar-refractivity contribution >= 4 is 22.8 Å². The van der Waals surface area contributed by atoms with Crippen LogP contribution in [-0.2, 0) is 7.05 Å². The molecule has 0 aromatic carbocycles. The highest BCUT2D eigenvalue weighted by Gasteiger charge is 2.30. The van der Waals surface area contributed by atoms with Gasteiger partial charge >= 0.3 is 6.03 Å². The van der Waals surface area contributed by atoms with E-state index in [-0.39, 0.29) is 12.1 Å². The molecule has 1 fully saturated rings. The number of amides is 2. The molecule has 0 aliphatic carbocycles. The monoisotopic (exact) mass is 369 g/mol. The molecule has 1 N–H and O–H groups in total. The van der Waals surface area contributed by atoms with Crippen molar-refractivity contribution < 1.29 is 9.32 Å². The molecule has 1 aliphatic rings. The van der Waals surface area contributed by atoms with Gasteiger partial charge in [-0.1, -0.05) is 18.0 Å². The Morgan fingerprint density at radius 1 is 1.30 bits per heavy atom. The Kier molecular flexibility index (Phi) is 4.51. The first-order chi connectivity index (χ1) is 13.0. The van der Waals surface area contributed by atoms with Gasteiger partial charge in [-0.25, -0.2) is 9.78 Å². The molecule has 4 rings (SSSR count). The third-order valence-electron chi connectivity index (χ3n) is 4.97. The number of rotatable bonds is 2. The minimum atomic E-state index is -0.179. The van der Waals surface area contributed by atoms with E-state index in [1.165, 1.54) is 0 Å². The molecule has 1 atom stereocenters. The van der Waals surface area contributed by atoms with E-state index in [1.54, 1.807) is 22.7 Å². The van der Waals surface area contributed by atoms with Crippen LogP contribution in [0.15, 0.2) is 16.8 Å². The average molecular weight is 369 g/mol. The molecule has 3 aromatic rings. The Labute approximate surface area is 156 Å². The summed E-state index contributed by atoms with van der Waals surface area (Å²) in [5, 5.41) is 12.3. The first-order valence-corrected chi connectivity index (χ1v) is 9.20. The molecule has 27 heavy (non-hydrogen) atoms. The van der Waals surface area contributed by atoms with E-state index in [9.17, 15) is 4.79 Å². The van der Waals surface area contributed by atoms with Crippen molar-refractivity contribution in [1.29, 1.82) is 0 Å². The quantitative estimate of drug-likeness (QED) is 0.745. The van der Waals surface area contributed by atoms with Crippen LogP contribution in [-0.4, -0.2) is 42.4 Å². The number of aryl methyl sites for hydroxylation is 3. The first kappa shape index (κ1) is 17.4. The van der Waals surface area contributed by atoms with Crippen molar-refractivity contribution in [2.75, 3.05) is 11.9 Å². The largest absolute Gasteiger partial charge is 0.340 e. The number of pyridine rings is 1. The highest BCUT2D eigenvalue weighted by Crippen LogP contribution is 2.29. The Balaban J connectivity index is 1.59. The number of nitrogens with one attached hydrogen (secondary N) is 1. The number of hydrogen-bond acceptors (Lipinski definition) is 6. The van der Waals surface area contributed by atoms with Crippen molar-refractivity contribution in [2.45, 2.75) is 45.6 Å². The summed E-state index contributed by atoms with van der Waals surface area (Å²) in [7, 11) is 1.86. The average Bonchev–Trinajstić information content (AvgIpc) is 3.08. The summed E-state index contributed by atoms with van der Waals surface area (Å²) >= 11 is 0. The predicted octanol–water partition coefficient (Wildman–Crippen LogP) is 3.12. The number of hydrogen-bond donors (Lipinski definition) is 1. The zero-order valence-electron chi connectivity index (χ0n) is 15.8. The van der Waals surface area contributed by atoms with Gasteiger partial charge in [0.15, 0.2) is 11.5 Å². The maximum Gasteiger partial charge on any atom is 0.322 e. The topological polar surface area (TPSA) is 102 Å². The lowest BCUT2D eigenvalue weighted by Gasteiger charge is -2.27. The van der Waals surface area contributed by atoms with E-state index >= 15 is 0 Å². The van der Waals surface area contributed by atoms with Gasteiger partial charge in [0, 0.05) is 25.9 Å². The van der Waals surface area contributed by atoms with Gasteiger partial charge in [0.1, 0.15) is 0 Å². The maximum absolute atomic E-state index is 13.0. The molecular formula is C18H23N7O2. The number of anilines is 1. The summed E-state index contributed by atoms with van der Waals surface area (Å²) < 4.78 is 6.87. The summed E-state index contributed by atoms with van der Waals surface area (Å²) in [4.78, 5) is 23.6. The number of nitrogens with zero attached hydrogens (tertiary/aromatic N) is 6. The molecule has 3 aromatic heterocycles. The minimum absolute atomic E-state index is 0.174. The molecular weight excluding hydrogens is 346 g/mol. The normalized spacial score (nSPS) is 17.9. The van der Waals surface area contributed by atoms with Gasteiger partial charge in [0.2, 0.25) is 5.89 Å². The SMILES string of the molecule is Cc1nc([C@H]2CCCCCN2C(=O)Nc2cnc3c(c2)c(C)nn3C)no1. The Hall–Kier alpha value is -2.97. The van der Waals surface area contributed by atoms with Gasteiger partial charge in [-0.05, 0) is 25.8 Å². The maximum atomic E-state index is 13.0. The number of fused-ring (bicyclic) bond motifs is 1. The van der Waals surface area contributed by atoms with Crippen molar-refractivity contribution in [3.8, 4) is 0 Å². The number of urea groups is 1. The molecule has 9 heteroatoms. The van der Waals surface area contributed by atoms with E-state index in [1.807, 2.05) is 20.0 Å². The van der Waals surface area contributed by atoms with Crippen LogP contribution in [0.5, 0.6) is 0 Å². The highest BCUT2D eigenvalue weighted by molar-refractivity contribution is 5.92. The van der Waals surface area contributed by atoms with Crippen LogP contribution in [0.1, 0.15) is 49.1 Å². The second-order valence-corrected chi connectivity index (χ2v) is 6.96. The Bertz CT molecular complexity index is 977. The molecule has 2 amide bonds. The van der Waals surface area contributed by atoms with Crippen LogP contribution in [0.25, 0.3) is 11.0 Å². The van der Waals surface area contributed by atoms with E-state index < -0.39 is 0 Å². The standard InChI is InChI=1S/C18H23N7O2/c1-11-14-9-13(10-19-17(14)24(3)22-11)21-18(26)25-8-6-4-5-7-15(25)16-20-12(2)27-23-16/h9-10,15H,4-8H2,1-3H3,(H,21,26)/t15-/m1/s1. The zero-order chi connectivity index (χ0) is 19.0. The zero-order valence-corrected chi connectivity index (χ0v) is 15.8. The van der Waals surface area contributed by atoms with Crippen LogP contribution in [0.2, 0.25) is 0 Å². The van der Waals surface area contributed by atoms with Gasteiger partial charge in [0.05, 0.1) is 23.6 Å². The lowest BCUT2D eigenvalue weighted by molar-refractivity contribution is 0.184. The summed E-state index contributed by atoms with van der Waals surface area (Å²) in [6.45, 7) is 4.35. The molecule has 4 heterocycles. The number of aromatic nitrogens is 5. The van der Waals surface area contributed by atoms with Crippen LogP contribution in [0.4, 0.5) is 10.5 Å². The Morgan fingerprint density at radius 3 is 2.93 bits per heavy atom. The van der Waals surface area contributed by atoms with Gasteiger partial charge < -0.3 is 14.7 Å². The summed E-state index contributed by atoms with van der Waals surface area (Å²) in [5.74, 6) is 1.08. The van der Waals surface area contributed by atoms with Crippen LogP contribution >= 0.6 is 0 Å². The third kappa shape index (κ3) is 3.36. The van der Waals surface area contributed by atoms with Crippen molar-refractivity contribution in [3.63, 3.8) is 0 Å². The molecule has 1 aliphatic heterocycles. The van der Waals surface area contributed by atoms with Gasteiger partial charge in [0.25, 0.3) is 0 Å². The summed E-state index contributed by atoms with van der Waals surface area (Å²) in [5.41, 5.74) is 2.32. The lowest BCUT2D eigenvalue weighted by atomic mass is 10.1. The Morgan fingerprint density at radius 2 is 2.15 bits per heavy atom. The second-order valence-electron chi connectivity index (χ2n) is 6.96. The summed E-state index contributed by atoms with van der Waals surface area (Å²) in [6, 6.07) is 1.56. The second kappa shape index (κ2) is 6.98. The molecule has 9 nitrogen and oxygen atoms in total. The molecule has 1 saturated heterocycles. The first-order valence-electron chi connectivity index (χ1n) is 9.20. The van der Waals surface area contributed by atoms with Crippen molar-refractivity contribution in [2.24, 2.45) is 7.05 Å². The number of likely N-dealkylation sites (tertiary alicyclic amines) is 1. The van der Waals surface area contributed by atoms with Gasteiger partial charge in [-0.3, -0.25) is 4.68 Å². The van der Waals surface area contributed by atoms with E-state index in [2.05, 4.69) is 25.5 Å². The van der Waals surface area contributed by atoms with Crippen molar-refractivity contribution in [1.82, 2.24) is 29.8 Å². The van der Waals surface area contributed by atoms with Crippen LogP contribution in [0.3, 0.4) is 0 Å². The van der Waals surface area contributed by atoms with Crippen LogP contribution in [0, 0.1) is 13.8 Å². The minimum Gasteiger partial charge on any atom is -0.340 e. The van der Waals surface area contributed by atoms with Crippen molar-refractivity contribution in [3.05, 3.63) is 29.7 Å². The third-order valence-corrected chi connectivity index (χ3v) is 4.97. The number of carbonyl (C=O) groups excluding carboxylic acids is 1. The predicted molar refractivity (Wildman–Crippen MR) is 99.2 cm³/mol. The fraction of sp³-hybridized carbons (Fsp3) is 0.500. The molecule has 142 valence electrons. The molecule has 0 radical (unpaired) electrons. The smallest absolute Gasteiger partial charge is 0.322 e. The van der Waals surface area contributed by atoms with Crippen LogP contribution < -0.4 is 5.32 Å². The van der Waals surface area contributed by atoms with Gasteiger partial charge in [-0.15, -0.1) is 0 Å². The van der Waals surface area contributed by atoms with E-state index in [0.717, 1.165) is 42.4 Å². The fourth-order valence-corrected chi connectivity index (χ4v) is 3.64. The summed E-state index contributed by atoms with van der Waals surface area (Å²) in [6.07, 6.45) is 5.56. The molecule has 0 bridgehead atoms. The molecule has 0 saturated carbocycles.